The van der Waals surface area contributed by atoms with Crippen molar-refractivity contribution >= 4 is 17.4 Å². The molecule has 3 rings (SSSR count). The monoisotopic (exact) mass is 357 g/mol. The molecule has 5 heteroatoms. The number of nitrogens with zero attached hydrogens (tertiary/aromatic N) is 2. The Bertz CT molecular complexity index is 1040. The maximum Gasteiger partial charge on any atom is 0.298 e. The molecular weight excluding hydrogens is 338 g/mol. The van der Waals surface area contributed by atoms with Gasteiger partial charge in [-0.3, -0.25) is 9.59 Å². The number of hydrogen-bond acceptors (Lipinski definition) is 3. The first-order valence-electron chi connectivity index (χ1n) is 8.55. The van der Waals surface area contributed by atoms with Gasteiger partial charge in [-0.1, -0.05) is 18.2 Å². The lowest BCUT2D eigenvalue weighted by Crippen LogP contribution is -2.25. The van der Waals surface area contributed by atoms with E-state index in [9.17, 15) is 9.59 Å². The third-order valence-corrected chi connectivity index (χ3v) is 4.46. The Morgan fingerprint density at radius 1 is 1.04 bits per heavy atom. The molecule has 27 heavy (non-hydrogen) atoms. The number of aryl methyl sites for hydroxylation is 2. The van der Waals surface area contributed by atoms with Crippen LogP contribution in [0.4, 0.5) is 5.69 Å². The Morgan fingerprint density at radius 3 is 2.44 bits per heavy atom. The standard InChI is InChI=1S/C22H19N3O2/c1-15-5-6-18(12-16(15)2)14-25-11-3-4-20(25)21(26)22(27)24-19-9-7-17(13-23)8-10-19/h3-12H,14H2,1-2H3,(H,24,27). The number of nitriles is 1. The number of hydrogen-bond donors (Lipinski definition) is 1. The Morgan fingerprint density at radius 2 is 1.78 bits per heavy atom. The number of aromatic nitrogens is 1. The van der Waals surface area contributed by atoms with Crippen LogP contribution in [-0.4, -0.2) is 16.3 Å². The molecular formula is C22H19N3O2. The van der Waals surface area contributed by atoms with Gasteiger partial charge in [0.15, 0.2) is 0 Å². The predicted molar refractivity (Wildman–Crippen MR) is 104 cm³/mol. The van der Waals surface area contributed by atoms with Gasteiger partial charge in [-0.05, 0) is 66.9 Å². The zero-order valence-corrected chi connectivity index (χ0v) is 15.2. The molecule has 0 saturated heterocycles. The van der Waals surface area contributed by atoms with E-state index in [1.54, 1.807) is 47.2 Å². The zero-order valence-electron chi connectivity index (χ0n) is 15.2. The highest BCUT2D eigenvalue weighted by molar-refractivity contribution is 6.46. The minimum absolute atomic E-state index is 0.333. The Labute approximate surface area is 157 Å². The van der Waals surface area contributed by atoms with E-state index in [1.165, 1.54) is 11.1 Å². The van der Waals surface area contributed by atoms with Gasteiger partial charge < -0.3 is 9.88 Å². The van der Waals surface area contributed by atoms with Crippen LogP contribution in [0, 0.1) is 25.2 Å². The van der Waals surface area contributed by atoms with Crippen molar-refractivity contribution in [3.05, 3.63) is 88.7 Å². The van der Waals surface area contributed by atoms with Crippen LogP contribution in [0.5, 0.6) is 0 Å². The van der Waals surface area contributed by atoms with Crippen LogP contribution in [0.2, 0.25) is 0 Å². The Kier molecular flexibility index (Phi) is 5.18. The molecule has 1 aromatic heterocycles. The van der Waals surface area contributed by atoms with Crippen molar-refractivity contribution in [2.24, 2.45) is 0 Å². The van der Waals surface area contributed by atoms with E-state index in [1.807, 2.05) is 25.1 Å². The van der Waals surface area contributed by atoms with Crippen LogP contribution < -0.4 is 5.32 Å². The molecule has 0 spiro atoms. The van der Waals surface area contributed by atoms with Gasteiger partial charge in [0.25, 0.3) is 11.7 Å². The topological polar surface area (TPSA) is 74.9 Å². The van der Waals surface area contributed by atoms with Crippen molar-refractivity contribution in [3.8, 4) is 6.07 Å². The molecule has 2 aromatic carbocycles. The summed E-state index contributed by atoms with van der Waals surface area (Å²) in [6.07, 6.45) is 1.79. The van der Waals surface area contributed by atoms with Crippen LogP contribution >= 0.6 is 0 Å². The number of carbonyl (C=O) groups excluding carboxylic acids is 2. The molecule has 1 N–H and O–H groups in total. The molecule has 5 nitrogen and oxygen atoms in total. The molecule has 0 bridgehead atoms. The maximum atomic E-state index is 12.6. The zero-order chi connectivity index (χ0) is 19.4. The summed E-state index contributed by atoms with van der Waals surface area (Å²) >= 11 is 0. The van der Waals surface area contributed by atoms with Crippen LogP contribution in [0.15, 0.2) is 60.8 Å². The molecule has 0 fully saturated rings. The normalized spacial score (nSPS) is 10.3. The van der Waals surface area contributed by atoms with Gasteiger partial charge in [0, 0.05) is 18.4 Å². The molecule has 3 aromatic rings. The number of nitrogens with one attached hydrogen (secondary N) is 1. The summed E-state index contributed by atoms with van der Waals surface area (Å²) in [5.41, 5.74) is 4.76. The summed E-state index contributed by atoms with van der Waals surface area (Å²) in [5.74, 6) is -1.31. The SMILES string of the molecule is Cc1ccc(Cn2cccc2C(=O)C(=O)Nc2ccc(C#N)cc2)cc1C. The third-order valence-electron chi connectivity index (χ3n) is 4.46. The quantitative estimate of drug-likeness (QED) is 0.557. The maximum absolute atomic E-state index is 12.6. The first-order chi connectivity index (χ1) is 13.0. The van der Waals surface area contributed by atoms with E-state index >= 15 is 0 Å². The average Bonchev–Trinajstić information content (AvgIpc) is 3.12. The molecule has 1 heterocycles. The van der Waals surface area contributed by atoms with Crippen molar-refractivity contribution in [2.75, 3.05) is 5.32 Å². The number of ketones is 1. The second-order valence-electron chi connectivity index (χ2n) is 6.41. The van der Waals surface area contributed by atoms with Gasteiger partial charge >= 0.3 is 0 Å². The molecule has 0 aliphatic carbocycles. The second-order valence-corrected chi connectivity index (χ2v) is 6.41. The van der Waals surface area contributed by atoms with Gasteiger partial charge in [0.05, 0.1) is 17.3 Å². The highest BCUT2D eigenvalue weighted by Gasteiger charge is 2.20. The Hall–Kier alpha value is -3.65. The molecule has 134 valence electrons. The third kappa shape index (κ3) is 4.13. The van der Waals surface area contributed by atoms with Crippen LogP contribution in [-0.2, 0) is 11.3 Å². The predicted octanol–water partition coefficient (Wildman–Crippen LogP) is 3.85. The minimum atomic E-state index is -0.709. The van der Waals surface area contributed by atoms with Crippen molar-refractivity contribution in [1.82, 2.24) is 4.57 Å². The fourth-order valence-corrected chi connectivity index (χ4v) is 2.79. The van der Waals surface area contributed by atoms with E-state index in [-0.39, 0.29) is 0 Å². The number of Topliss-reactive ketones (excluding diaryl/α,β-unsaturated/α-hetero) is 1. The van der Waals surface area contributed by atoms with Gasteiger partial charge in [-0.15, -0.1) is 0 Å². The van der Waals surface area contributed by atoms with Crippen molar-refractivity contribution < 1.29 is 9.59 Å². The van der Waals surface area contributed by atoms with Gasteiger partial charge in [-0.2, -0.15) is 5.26 Å². The lowest BCUT2D eigenvalue weighted by molar-refractivity contribution is -0.112. The van der Waals surface area contributed by atoms with Gasteiger partial charge in [0.1, 0.15) is 0 Å². The molecule has 0 aliphatic heterocycles. The van der Waals surface area contributed by atoms with Crippen LogP contribution in [0.25, 0.3) is 0 Å². The lowest BCUT2D eigenvalue weighted by Gasteiger charge is -2.10. The minimum Gasteiger partial charge on any atom is -0.340 e. The summed E-state index contributed by atoms with van der Waals surface area (Å²) in [7, 11) is 0. The second kappa shape index (κ2) is 7.71. The van der Waals surface area contributed by atoms with Gasteiger partial charge in [-0.25, -0.2) is 0 Å². The summed E-state index contributed by atoms with van der Waals surface area (Å²) < 4.78 is 1.77. The number of anilines is 1. The highest BCUT2D eigenvalue weighted by atomic mass is 16.2. The lowest BCUT2D eigenvalue weighted by atomic mass is 10.1. The largest absolute Gasteiger partial charge is 0.340 e. The number of amides is 1. The van der Waals surface area contributed by atoms with Crippen molar-refractivity contribution in [1.29, 1.82) is 5.26 Å². The van der Waals surface area contributed by atoms with Gasteiger partial charge in [0.2, 0.25) is 0 Å². The van der Waals surface area contributed by atoms with Crippen LogP contribution in [0.1, 0.15) is 32.7 Å². The van der Waals surface area contributed by atoms with E-state index in [0.29, 0.717) is 23.5 Å². The number of carbonyl (C=O) groups is 2. The Balaban J connectivity index is 1.75. The average molecular weight is 357 g/mol. The molecule has 0 radical (unpaired) electrons. The summed E-state index contributed by atoms with van der Waals surface area (Å²) in [6, 6.07) is 17.9. The summed E-state index contributed by atoms with van der Waals surface area (Å²) in [6.45, 7) is 4.61. The number of benzene rings is 2. The van der Waals surface area contributed by atoms with Crippen LogP contribution in [0.3, 0.4) is 0 Å². The summed E-state index contributed by atoms with van der Waals surface area (Å²) in [5, 5.41) is 11.4. The van der Waals surface area contributed by atoms with E-state index in [0.717, 1.165) is 5.56 Å². The van der Waals surface area contributed by atoms with E-state index in [2.05, 4.69) is 18.3 Å². The van der Waals surface area contributed by atoms with E-state index in [4.69, 9.17) is 5.26 Å². The summed E-state index contributed by atoms with van der Waals surface area (Å²) in [4.78, 5) is 24.9. The first kappa shape index (κ1) is 18.2. The fourth-order valence-electron chi connectivity index (χ4n) is 2.79. The smallest absolute Gasteiger partial charge is 0.298 e. The molecule has 0 saturated carbocycles. The molecule has 0 aliphatic rings. The highest BCUT2D eigenvalue weighted by Crippen LogP contribution is 2.14. The van der Waals surface area contributed by atoms with E-state index < -0.39 is 11.7 Å². The fraction of sp³-hybridized carbons (Fsp3) is 0.136. The number of rotatable bonds is 5. The molecule has 0 unspecified atom stereocenters. The van der Waals surface area contributed by atoms with Crippen molar-refractivity contribution in [3.63, 3.8) is 0 Å². The first-order valence-corrected chi connectivity index (χ1v) is 8.55. The van der Waals surface area contributed by atoms with Crippen molar-refractivity contribution in [2.45, 2.75) is 20.4 Å². The molecule has 0 atom stereocenters. The molecule has 1 amide bonds.